The van der Waals surface area contributed by atoms with Crippen molar-refractivity contribution in [3.8, 4) is 12.3 Å². The fourth-order valence-corrected chi connectivity index (χ4v) is 0.909. The molecule has 0 atom stereocenters. The van der Waals surface area contributed by atoms with Gasteiger partial charge >= 0.3 is 0 Å². The molecular weight excluding hydrogens is 148 g/mol. The number of allylic oxidation sites excluding steroid dienone is 1. The van der Waals surface area contributed by atoms with Crippen LogP contribution in [0.1, 0.15) is 11.1 Å². The van der Waals surface area contributed by atoms with Crippen LogP contribution in [0.5, 0.6) is 0 Å². The highest BCUT2D eigenvalue weighted by Gasteiger charge is 1.94. The van der Waals surface area contributed by atoms with Crippen LogP contribution in [0.15, 0.2) is 24.5 Å². The molecule has 0 radical (unpaired) electrons. The Morgan fingerprint density at radius 3 is 3.17 bits per heavy atom. The molecule has 0 saturated carbocycles. The third-order valence-corrected chi connectivity index (χ3v) is 1.53. The van der Waals surface area contributed by atoms with Crippen molar-refractivity contribution < 1.29 is 0 Å². The average molecular weight is 158 g/mol. The second-order valence-electron chi connectivity index (χ2n) is 2.28. The lowest BCUT2D eigenvalue weighted by Crippen LogP contribution is -1.98. The van der Waals surface area contributed by atoms with Crippen LogP contribution in [0.25, 0.3) is 6.08 Å². The summed E-state index contributed by atoms with van der Waals surface area (Å²) in [5.41, 5.74) is 7.55. The van der Waals surface area contributed by atoms with Crippen LogP contribution in [-0.4, -0.2) is 4.98 Å². The van der Waals surface area contributed by atoms with E-state index in [1.54, 1.807) is 18.5 Å². The molecule has 1 rings (SSSR count). The highest BCUT2D eigenvalue weighted by Crippen LogP contribution is 2.07. The van der Waals surface area contributed by atoms with Gasteiger partial charge in [0, 0.05) is 18.9 Å². The minimum absolute atomic E-state index is 0.507. The highest BCUT2D eigenvalue weighted by molar-refractivity contribution is 5.54. The Balaban J connectivity index is 2.99. The van der Waals surface area contributed by atoms with Gasteiger partial charge in [-0.15, -0.1) is 6.42 Å². The van der Waals surface area contributed by atoms with E-state index < -0.39 is 0 Å². The molecular formula is C10H10N2. The second-order valence-corrected chi connectivity index (χ2v) is 2.28. The molecule has 1 heterocycles. The number of aromatic nitrogens is 1. The van der Waals surface area contributed by atoms with Crippen molar-refractivity contribution in [2.45, 2.75) is 6.54 Å². The molecule has 0 unspecified atom stereocenters. The van der Waals surface area contributed by atoms with Gasteiger partial charge < -0.3 is 5.73 Å². The molecule has 12 heavy (non-hydrogen) atoms. The number of nitrogens with two attached hydrogens (primary N) is 1. The quantitative estimate of drug-likeness (QED) is 0.656. The largest absolute Gasteiger partial charge is 0.326 e. The number of rotatable bonds is 2. The van der Waals surface area contributed by atoms with Gasteiger partial charge in [0.2, 0.25) is 0 Å². The maximum Gasteiger partial charge on any atom is 0.0343 e. The molecule has 0 spiro atoms. The molecule has 2 heteroatoms. The topological polar surface area (TPSA) is 38.9 Å². The first-order chi connectivity index (χ1) is 5.88. The van der Waals surface area contributed by atoms with E-state index in [1.165, 1.54) is 0 Å². The van der Waals surface area contributed by atoms with Gasteiger partial charge in [0.05, 0.1) is 0 Å². The van der Waals surface area contributed by atoms with Gasteiger partial charge in [0.1, 0.15) is 0 Å². The standard InChI is InChI=1S/C10H10N2/c1-2-3-4-10-8-12-6-5-9(10)7-11/h1,3-6,8H,7,11H2/b4-3-. The Bertz CT molecular complexity index is 321. The van der Waals surface area contributed by atoms with Crippen molar-refractivity contribution >= 4 is 6.08 Å². The lowest BCUT2D eigenvalue weighted by atomic mass is 10.1. The minimum Gasteiger partial charge on any atom is -0.326 e. The number of hydrogen-bond donors (Lipinski definition) is 1. The van der Waals surface area contributed by atoms with Crippen molar-refractivity contribution in [2.75, 3.05) is 0 Å². The van der Waals surface area contributed by atoms with Crippen LogP contribution in [0.2, 0.25) is 0 Å². The fraction of sp³-hybridized carbons (Fsp3) is 0.100. The molecule has 1 aromatic heterocycles. The number of terminal acetylenes is 1. The summed E-state index contributed by atoms with van der Waals surface area (Å²) >= 11 is 0. The third kappa shape index (κ3) is 1.94. The van der Waals surface area contributed by atoms with Crippen molar-refractivity contribution in [2.24, 2.45) is 5.73 Å². The predicted molar refractivity (Wildman–Crippen MR) is 50.0 cm³/mol. The van der Waals surface area contributed by atoms with E-state index in [4.69, 9.17) is 12.2 Å². The van der Waals surface area contributed by atoms with E-state index in [0.29, 0.717) is 6.54 Å². The molecule has 0 amide bonds. The highest BCUT2D eigenvalue weighted by atomic mass is 14.6. The maximum absolute atomic E-state index is 5.51. The summed E-state index contributed by atoms with van der Waals surface area (Å²) in [4.78, 5) is 3.97. The molecule has 1 aromatic rings. The summed E-state index contributed by atoms with van der Waals surface area (Å²) in [7, 11) is 0. The number of nitrogens with zero attached hydrogens (tertiary/aromatic N) is 1. The lowest BCUT2D eigenvalue weighted by Gasteiger charge is -1.99. The minimum atomic E-state index is 0.507. The smallest absolute Gasteiger partial charge is 0.0343 e. The molecule has 0 bridgehead atoms. The third-order valence-electron chi connectivity index (χ3n) is 1.53. The zero-order chi connectivity index (χ0) is 8.81. The molecule has 0 fully saturated rings. The molecule has 0 aromatic carbocycles. The fourth-order valence-electron chi connectivity index (χ4n) is 0.909. The molecule has 2 N–H and O–H groups in total. The Morgan fingerprint density at radius 2 is 2.50 bits per heavy atom. The van der Waals surface area contributed by atoms with Gasteiger partial charge in [-0.2, -0.15) is 0 Å². The first-order valence-electron chi connectivity index (χ1n) is 3.64. The van der Waals surface area contributed by atoms with Gasteiger partial charge in [-0.3, -0.25) is 4.98 Å². The summed E-state index contributed by atoms with van der Waals surface area (Å²) in [6, 6.07) is 1.89. The normalized spacial score (nSPS) is 10.0. The summed E-state index contributed by atoms with van der Waals surface area (Å²) in [5.74, 6) is 2.42. The molecule has 60 valence electrons. The first kappa shape index (κ1) is 8.51. The molecule has 2 nitrogen and oxygen atoms in total. The van der Waals surface area contributed by atoms with E-state index in [9.17, 15) is 0 Å². The Hall–Kier alpha value is -1.59. The van der Waals surface area contributed by atoms with Crippen LogP contribution in [0.4, 0.5) is 0 Å². The van der Waals surface area contributed by atoms with Crippen molar-refractivity contribution in [3.05, 3.63) is 35.7 Å². The van der Waals surface area contributed by atoms with Crippen molar-refractivity contribution in [1.82, 2.24) is 4.98 Å². The maximum atomic E-state index is 5.51. The van der Waals surface area contributed by atoms with E-state index >= 15 is 0 Å². The van der Waals surface area contributed by atoms with Crippen LogP contribution in [-0.2, 0) is 6.54 Å². The summed E-state index contributed by atoms with van der Waals surface area (Å²) < 4.78 is 0. The zero-order valence-electron chi connectivity index (χ0n) is 6.70. The molecule has 0 aliphatic heterocycles. The number of hydrogen-bond acceptors (Lipinski definition) is 2. The Kier molecular flexibility index (Phi) is 3.06. The summed E-state index contributed by atoms with van der Waals surface area (Å²) in [6.45, 7) is 0.507. The average Bonchev–Trinajstić information content (AvgIpc) is 2.15. The molecule has 0 saturated heterocycles. The van der Waals surface area contributed by atoms with Gasteiger partial charge in [0.25, 0.3) is 0 Å². The van der Waals surface area contributed by atoms with Crippen molar-refractivity contribution in [1.29, 1.82) is 0 Å². The van der Waals surface area contributed by atoms with Gasteiger partial charge in [-0.1, -0.05) is 5.92 Å². The lowest BCUT2D eigenvalue weighted by molar-refractivity contribution is 1.05. The predicted octanol–water partition coefficient (Wildman–Crippen LogP) is 1.19. The van der Waals surface area contributed by atoms with Gasteiger partial charge in [-0.05, 0) is 29.3 Å². The van der Waals surface area contributed by atoms with E-state index in [2.05, 4.69) is 10.9 Å². The van der Waals surface area contributed by atoms with E-state index in [-0.39, 0.29) is 0 Å². The van der Waals surface area contributed by atoms with E-state index in [1.807, 2.05) is 12.1 Å². The second kappa shape index (κ2) is 4.32. The van der Waals surface area contributed by atoms with E-state index in [0.717, 1.165) is 11.1 Å². The summed E-state index contributed by atoms with van der Waals surface area (Å²) in [6.07, 6.45) is 12.0. The zero-order valence-corrected chi connectivity index (χ0v) is 6.70. The SMILES string of the molecule is C#C/C=C\c1cnccc1CN. The Labute approximate surface area is 72.1 Å². The molecule has 0 aliphatic rings. The monoisotopic (exact) mass is 158 g/mol. The number of pyridine rings is 1. The summed E-state index contributed by atoms with van der Waals surface area (Å²) in [5, 5.41) is 0. The van der Waals surface area contributed by atoms with Gasteiger partial charge in [-0.25, -0.2) is 0 Å². The molecule has 0 aliphatic carbocycles. The van der Waals surface area contributed by atoms with Crippen molar-refractivity contribution in [3.63, 3.8) is 0 Å². The van der Waals surface area contributed by atoms with Crippen LogP contribution in [0.3, 0.4) is 0 Å². The first-order valence-corrected chi connectivity index (χ1v) is 3.64. The van der Waals surface area contributed by atoms with Gasteiger partial charge in [0.15, 0.2) is 0 Å². The Morgan fingerprint density at radius 1 is 1.67 bits per heavy atom. The van der Waals surface area contributed by atoms with Crippen LogP contribution in [0, 0.1) is 12.3 Å². The van der Waals surface area contributed by atoms with Crippen LogP contribution >= 0.6 is 0 Å². The van der Waals surface area contributed by atoms with Crippen LogP contribution < -0.4 is 5.73 Å².